The highest BCUT2D eigenvalue weighted by atomic mass is 16.5. The molecule has 0 bridgehead atoms. The minimum atomic E-state index is -0.0768. The molecular weight excluding hydrogens is 306 g/mol. The van der Waals surface area contributed by atoms with Crippen molar-refractivity contribution in [1.82, 2.24) is 16.2 Å². The first-order chi connectivity index (χ1) is 11.6. The number of ether oxygens (including phenoxy) is 2. The van der Waals surface area contributed by atoms with Gasteiger partial charge in [0.1, 0.15) is 0 Å². The zero-order chi connectivity index (χ0) is 17.1. The Morgan fingerprint density at radius 2 is 2.04 bits per heavy atom. The number of carbonyl (C=O) groups excluding carboxylic acids is 1. The number of fused-ring (bicyclic) bond motifs is 1. The maximum absolute atomic E-state index is 12.8. The lowest BCUT2D eigenvalue weighted by atomic mass is 9.77. The van der Waals surface area contributed by atoms with Crippen molar-refractivity contribution in [2.75, 3.05) is 20.8 Å². The number of amides is 1. The van der Waals surface area contributed by atoms with Gasteiger partial charge in [0.05, 0.1) is 26.2 Å². The lowest BCUT2D eigenvalue weighted by Crippen LogP contribution is -2.48. The van der Waals surface area contributed by atoms with E-state index in [0.717, 1.165) is 24.9 Å². The Bertz CT molecular complexity index is 593. The molecule has 4 atom stereocenters. The van der Waals surface area contributed by atoms with Crippen LogP contribution >= 0.6 is 0 Å². The Kier molecular flexibility index (Phi) is 5.26. The summed E-state index contributed by atoms with van der Waals surface area (Å²) in [7, 11) is 3.23. The van der Waals surface area contributed by atoms with Crippen LogP contribution in [0.1, 0.15) is 37.8 Å². The van der Waals surface area contributed by atoms with Crippen molar-refractivity contribution in [1.29, 1.82) is 0 Å². The van der Waals surface area contributed by atoms with E-state index < -0.39 is 0 Å². The molecule has 1 amide bonds. The topological polar surface area (TPSA) is 71.6 Å². The molecule has 1 heterocycles. The van der Waals surface area contributed by atoms with E-state index in [2.05, 4.69) is 16.2 Å². The van der Waals surface area contributed by atoms with Gasteiger partial charge in [-0.15, -0.1) is 0 Å². The van der Waals surface area contributed by atoms with Crippen molar-refractivity contribution in [2.24, 2.45) is 11.8 Å². The third-order valence-electron chi connectivity index (χ3n) is 5.27. The van der Waals surface area contributed by atoms with Crippen LogP contribution in [0.5, 0.6) is 11.5 Å². The molecule has 1 aliphatic carbocycles. The summed E-state index contributed by atoms with van der Waals surface area (Å²) in [6.07, 6.45) is 3.26. The van der Waals surface area contributed by atoms with E-state index >= 15 is 0 Å². The monoisotopic (exact) mass is 333 g/mol. The first-order valence-corrected chi connectivity index (χ1v) is 8.64. The Morgan fingerprint density at radius 1 is 1.25 bits per heavy atom. The number of benzene rings is 1. The highest BCUT2D eigenvalue weighted by molar-refractivity contribution is 5.80. The lowest BCUT2D eigenvalue weighted by Gasteiger charge is -2.32. The zero-order valence-electron chi connectivity index (χ0n) is 14.6. The van der Waals surface area contributed by atoms with E-state index in [1.54, 1.807) is 14.2 Å². The number of methoxy groups -OCH3 is 2. The summed E-state index contributed by atoms with van der Waals surface area (Å²) in [6, 6.07) is 5.92. The average molecular weight is 333 g/mol. The summed E-state index contributed by atoms with van der Waals surface area (Å²) >= 11 is 0. The van der Waals surface area contributed by atoms with Gasteiger partial charge in [-0.3, -0.25) is 15.6 Å². The Morgan fingerprint density at radius 3 is 2.79 bits per heavy atom. The van der Waals surface area contributed by atoms with Gasteiger partial charge in [-0.2, -0.15) is 0 Å². The van der Waals surface area contributed by atoms with Crippen LogP contribution in [0, 0.1) is 11.8 Å². The van der Waals surface area contributed by atoms with E-state index in [1.165, 1.54) is 6.42 Å². The van der Waals surface area contributed by atoms with E-state index in [4.69, 9.17) is 9.47 Å². The van der Waals surface area contributed by atoms with Crippen molar-refractivity contribution < 1.29 is 14.3 Å². The lowest BCUT2D eigenvalue weighted by molar-refractivity contribution is -0.127. The first kappa shape index (κ1) is 17.0. The predicted molar refractivity (Wildman–Crippen MR) is 91.9 cm³/mol. The Hall–Kier alpha value is -1.79. The van der Waals surface area contributed by atoms with Gasteiger partial charge in [-0.1, -0.05) is 12.5 Å². The number of nitrogens with one attached hydrogen (secondary N) is 3. The number of carbonyl (C=O) groups is 1. The molecule has 6 nitrogen and oxygen atoms in total. The molecule has 1 aliphatic heterocycles. The number of hydrogen-bond acceptors (Lipinski definition) is 5. The molecule has 1 aromatic carbocycles. The highest BCUT2D eigenvalue weighted by Gasteiger charge is 2.40. The maximum Gasteiger partial charge on any atom is 0.225 e. The molecule has 0 radical (unpaired) electrons. The average Bonchev–Trinajstić information content (AvgIpc) is 3.09. The molecule has 3 N–H and O–H groups in total. The van der Waals surface area contributed by atoms with Crippen molar-refractivity contribution in [3.63, 3.8) is 0 Å². The second-order valence-corrected chi connectivity index (χ2v) is 6.69. The normalized spacial score (nSPS) is 27.2. The van der Waals surface area contributed by atoms with E-state index in [9.17, 15) is 4.79 Å². The molecule has 1 saturated heterocycles. The minimum Gasteiger partial charge on any atom is -0.493 e. The number of rotatable bonds is 5. The SMILES string of the molecule is COc1ccc(C(C)NC(=O)C2CCCC3CNNC32)cc1OC. The van der Waals surface area contributed by atoms with Gasteiger partial charge in [0, 0.05) is 12.6 Å². The Labute approximate surface area is 143 Å². The van der Waals surface area contributed by atoms with Crippen LogP contribution in [0.15, 0.2) is 18.2 Å². The quantitative estimate of drug-likeness (QED) is 0.766. The number of hydrazine groups is 1. The van der Waals surface area contributed by atoms with Gasteiger partial charge in [-0.25, -0.2) is 0 Å². The fourth-order valence-electron chi connectivity index (χ4n) is 3.86. The summed E-state index contributed by atoms with van der Waals surface area (Å²) in [4.78, 5) is 12.8. The van der Waals surface area contributed by atoms with Gasteiger partial charge in [0.2, 0.25) is 5.91 Å². The second kappa shape index (κ2) is 7.40. The van der Waals surface area contributed by atoms with Crippen LogP contribution in [0.3, 0.4) is 0 Å². The molecule has 2 fully saturated rings. The smallest absolute Gasteiger partial charge is 0.225 e. The van der Waals surface area contributed by atoms with E-state index in [1.807, 2.05) is 25.1 Å². The minimum absolute atomic E-state index is 0.0290. The Balaban J connectivity index is 1.67. The third-order valence-corrected chi connectivity index (χ3v) is 5.27. The molecule has 132 valence electrons. The van der Waals surface area contributed by atoms with Crippen LogP contribution in [-0.4, -0.2) is 32.7 Å². The van der Waals surface area contributed by atoms with Gasteiger partial charge < -0.3 is 14.8 Å². The standard InChI is InChI=1S/C18H27N3O3/c1-11(12-7-8-15(23-2)16(9-12)24-3)20-18(22)14-6-4-5-13-10-19-21-17(13)14/h7-9,11,13-14,17,19,21H,4-6,10H2,1-3H3,(H,20,22). The first-order valence-electron chi connectivity index (χ1n) is 8.64. The predicted octanol–water partition coefficient (Wildman–Crippen LogP) is 1.77. The van der Waals surface area contributed by atoms with Crippen LogP contribution in [0.2, 0.25) is 0 Å². The van der Waals surface area contributed by atoms with Crippen molar-refractivity contribution >= 4 is 5.91 Å². The molecule has 1 saturated carbocycles. The molecule has 24 heavy (non-hydrogen) atoms. The summed E-state index contributed by atoms with van der Waals surface area (Å²) in [5.41, 5.74) is 7.50. The fourth-order valence-corrected chi connectivity index (χ4v) is 3.86. The number of hydrogen-bond donors (Lipinski definition) is 3. The third kappa shape index (κ3) is 3.35. The maximum atomic E-state index is 12.8. The highest BCUT2D eigenvalue weighted by Crippen LogP contribution is 2.33. The second-order valence-electron chi connectivity index (χ2n) is 6.69. The van der Waals surface area contributed by atoms with Gasteiger partial charge in [0.15, 0.2) is 11.5 Å². The molecule has 4 unspecified atom stereocenters. The van der Waals surface area contributed by atoms with Crippen LogP contribution < -0.4 is 25.6 Å². The molecule has 2 aliphatic rings. The fraction of sp³-hybridized carbons (Fsp3) is 0.611. The van der Waals surface area contributed by atoms with Gasteiger partial charge >= 0.3 is 0 Å². The van der Waals surface area contributed by atoms with Crippen LogP contribution in [0.4, 0.5) is 0 Å². The molecule has 6 heteroatoms. The van der Waals surface area contributed by atoms with Crippen molar-refractivity contribution in [2.45, 2.75) is 38.3 Å². The summed E-state index contributed by atoms with van der Waals surface area (Å²) < 4.78 is 10.6. The molecule has 0 aromatic heterocycles. The van der Waals surface area contributed by atoms with Crippen molar-refractivity contribution in [3.8, 4) is 11.5 Å². The van der Waals surface area contributed by atoms with E-state index in [0.29, 0.717) is 17.4 Å². The molecular formula is C18H27N3O3. The van der Waals surface area contributed by atoms with E-state index in [-0.39, 0.29) is 23.9 Å². The van der Waals surface area contributed by atoms with Crippen LogP contribution in [0.25, 0.3) is 0 Å². The van der Waals surface area contributed by atoms with Crippen LogP contribution in [-0.2, 0) is 4.79 Å². The molecule has 1 aromatic rings. The van der Waals surface area contributed by atoms with Crippen molar-refractivity contribution in [3.05, 3.63) is 23.8 Å². The summed E-state index contributed by atoms with van der Waals surface area (Å²) in [5.74, 6) is 2.09. The van der Waals surface area contributed by atoms with Gasteiger partial charge in [0.25, 0.3) is 0 Å². The largest absolute Gasteiger partial charge is 0.493 e. The summed E-state index contributed by atoms with van der Waals surface area (Å²) in [6.45, 7) is 2.96. The zero-order valence-corrected chi connectivity index (χ0v) is 14.6. The summed E-state index contributed by atoms with van der Waals surface area (Å²) in [5, 5.41) is 3.16. The molecule has 0 spiro atoms. The molecule has 3 rings (SSSR count). The van der Waals surface area contributed by atoms with Gasteiger partial charge in [-0.05, 0) is 43.4 Å².